The van der Waals surface area contributed by atoms with E-state index in [2.05, 4.69) is 29.3 Å². The largest absolute Gasteiger partial charge is 0.474 e. The van der Waals surface area contributed by atoms with Crippen LogP contribution in [0, 0.1) is 0 Å². The zero-order valence-electron chi connectivity index (χ0n) is 14.5. The first kappa shape index (κ1) is 16.3. The number of carbonyl (C=O) groups is 1. The number of methoxy groups -OCH3 is 1. The molecule has 0 fully saturated rings. The summed E-state index contributed by atoms with van der Waals surface area (Å²) in [7, 11) is 1.39. The summed E-state index contributed by atoms with van der Waals surface area (Å²) in [6.07, 6.45) is 0.431. The van der Waals surface area contributed by atoms with Gasteiger partial charge in [-0.25, -0.2) is 9.79 Å². The molecule has 3 aromatic carbocycles. The monoisotopic (exact) mass is 345 g/mol. The van der Waals surface area contributed by atoms with Crippen LogP contribution in [0.25, 0.3) is 10.8 Å². The quantitative estimate of drug-likeness (QED) is 0.676. The molecule has 26 heavy (non-hydrogen) atoms. The van der Waals surface area contributed by atoms with Gasteiger partial charge in [0.05, 0.1) is 7.11 Å². The number of rotatable bonds is 4. The summed E-state index contributed by atoms with van der Waals surface area (Å²) >= 11 is 0. The number of fused-ring (bicyclic) bond motifs is 1. The van der Waals surface area contributed by atoms with E-state index in [0.29, 0.717) is 12.3 Å². The topological polar surface area (TPSA) is 47.9 Å². The molecule has 0 aromatic heterocycles. The smallest absolute Gasteiger partial charge is 0.337 e. The lowest BCUT2D eigenvalue weighted by molar-refractivity contribution is -0.147. The molecule has 0 saturated carbocycles. The molecule has 3 aromatic rings. The van der Waals surface area contributed by atoms with E-state index in [-0.39, 0.29) is 12.6 Å². The van der Waals surface area contributed by atoms with Crippen LogP contribution in [0.4, 0.5) is 0 Å². The van der Waals surface area contributed by atoms with E-state index in [9.17, 15) is 4.79 Å². The van der Waals surface area contributed by atoms with Gasteiger partial charge in [0.2, 0.25) is 5.90 Å². The van der Waals surface area contributed by atoms with E-state index in [1.54, 1.807) is 0 Å². The predicted octanol–water partition coefficient (Wildman–Crippen LogP) is 3.77. The van der Waals surface area contributed by atoms with Gasteiger partial charge in [0.25, 0.3) is 0 Å². The van der Waals surface area contributed by atoms with Gasteiger partial charge < -0.3 is 9.47 Å². The van der Waals surface area contributed by atoms with Gasteiger partial charge in [0.15, 0.2) is 5.54 Å². The number of hydrogen-bond acceptors (Lipinski definition) is 4. The van der Waals surface area contributed by atoms with E-state index in [4.69, 9.17) is 9.47 Å². The van der Waals surface area contributed by atoms with Crippen molar-refractivity contribution in [2.24, 2.45) is 4.99 Å². The summed E-state index contributed by atoms with van der Waals surface area (Å²) in [5, 5.41) is 2.30. The molecule has 130 valence electrons. The van der Waals surface area contributed by atoms with E-state index in [1.165, 1.54) is 12.5 Å². The highest BCUT2D eigenvalue weighted by Crippen LogP contribution is 2.29. The first-order valence-electron chi connectivity index (χ1n) is 8.54. The molecule has 1 aliphatic rings. The second kappa shape index (κ2) is 6.64. The molecule has 0 amide bonds. The van der Waals surface area contributed by atoms with Crippen LogP contribution in [-0.2, 0) is 20.7 Å². The molecule has 0 bridgehead atoms. The molecule has 0 spiro atoms. The summed E-state index contributed by atoms with van der Waals surface area (Å²) in [5.74, 6) is 0.105. The molecule has 1 heterocycles. The van der Waals surface area contributed by atoms with E-state index < -0.39 is 5.54 Å². The van der Waals surface area contributed by atoms with Crippen molar-refractivity contribution in [3.8, 4) is 0 Å². The molecule has 0 N–H and O–H groups in total. The first-order chi connectivity index (χ1) is 12.7. The van der Waals surface area contributed by atoms with Crippen molar-refractivity contribution in [1.82, 2.24) is 0 Å². The Labute approximate surface area is 152 Å². The van der Waals surface area contributed by atoms with Gasteiger partial charge >= 0.3 is 5.97 Å². The normalized spacial score (nSPS) is 19.0. The zero-order chi connectivity index (χ0) is 18.0. The molecule has 0 saturated heterocycles. The Bertz CT molecular complexity index is 981. The molecule has 1 aliphatic heterocycles. The van der Waals surface area contributed by atoms with Gasteiger partial charge in [-0.2, -0.15) is 0 Å². The van der Waals surface area contributed by atoms with Crippen molar-refractivity contribution < 1.29 is 14.3 Å². The van der Waals surface area contributed by atoms with Gasteiger partial charge in [0.1, 0.15) is 6.61 Å². The fourth-order valence-corrected chi connectivity index (χ4v) is 3.32. The van der Waals surface area contributed by atoms with Crippen molar-refractivity contribution in [1.29, 1.82) is 0 Å². The fourth-order valence-electron chi connectivity index (χ4n) is 3.32. The van der Waals surface area contributed by atoms with E-state index in [0.717, 1.165) is 16.5 Å². The Kier molecular flexibility index (Phi) is 4.17. The lowest BCUT2D eigenvalue weighted by Crippen LogP contribution is -2.41. The number of benzene rings is 3. The van der Waals surface area contributed by atoms with Crippen LogP contribution in [0.15, 0.2) is 77.8 Å². The minimum Gasteiger partial charge on any atom is -0.474 e. The van der Waals surface area contributed by atoms with Gasteiger partial charge in [0, 0.05) is 12.0 Å². The lowest BCUT2D eigenvalue weighted by atomic mass is 9.91. The number of ether oxygens (including phenoxy) is 2. The third kappa shape index (κ3) is 2.94. The Balaban J connectivity index is 1.71. The summed E-state index contributed by atoms with van der Waals surface area (Å²) < 4.78 is 10.8. The average Bonchev–Trinajstić information content (AvgIpc) is 3.13. The summed E-state index contributed by atoms with van der Waals surface area (Å²) in [4.78, 5) is 17.2. The van der Waals surface area contributed by atoms with Crippen LogP contribution in [0.1, 0.15) is 11.1 Å². The second-order valence-corrected chi connectivity index (χ2v) is 6.45. The maximum absolute atomic E-state index is 12.6. The number of nitrogens with zero attached hydrogens (tertiary/aromatic N) is 1. The highest BCUT2D eigenvalue weighted by atomic mass is 16.5. The maximum atomic E-state index is 12.6. The SMILES string of the molecule is COC(=O)[C@]1(Cc2ccc3ccccc3c2)COC(c2ccccc2)=N1. The minimum absolute atomic E-state index is 0.177. The van der Waals surface area contributed by atoms with Crippen LogP contribution in [0.3, 0.4) is 0 Å². The van der Waals surface area contributed by atoms with E-state index >= 15 is 0 Å². The fraction of sp³-hybridized carbons (Fsp3) is 0.182. The zero-order valence-corrected chi connectivity index (χ0v) is 14.5. The van der Waals surface area contributed by atoms with Gasteiger partial charge in [-0.3, -0.25) is 0 Å². The van der Waals surface area contributed by atoms with Crippen LogP contribution < -0.4 is 0 Å². The van der Waals surface area contributed by atoms with E-state index in [1.807, 2.05) is 48.5 Å². The second-order valence-electron chi connectivity index (χ2n) is 6.45. The average molecular weight is 345 g/mol. The predicted molar refractivity (Wildman–Crippen MR) is 101 cm³/mol. The lowest BCUT2D eigenvalue weighted by Gasteiger charge is -2.21. The molecule has 4 heteroatoms. The molecular weight excluding hydrogens is 326 g/mol. The third-order valence-corrected chi connectivity index (χ3v) is 4.66. The molecule has 0 aliphatic carbocycles. The molecule has 4 rings (SSSR count). The first-order valence-corrected chi connectivity index (χ1v) is 8.54. The van der Waals surface area contributed by atoms with Crippen LogP contribution in [0.2, 0.25) is 0 Å². The van der Waals surface area contributed by atoms with Gasteiger partial charge in [-0.15, -0.1) is 0 Å². The summed E-state index contributed by atoms with van der Waals surface area (Å²) in [6, 6.07) is 23.9. The van der Waals surface area contributed by atoms with Crippen molar-refractivity contribution in [3.05, 3.63) is 83.9 Å². The Morgan fingerprint density at radius 1 is 1.04 bits per heavy atom. The standard InChI is InChI=1S/C22H19NO3/c1-25-21(24)22(15-26-20(23-22)18-8-3-2-4-9-18)14-16-11-12-17-7-5-6-10-19(17)13-16/h2-13H,14-15H2,1H3/t22-/m0/s1. The van der Waals surface area contributed by atoms with Crippen molar-refractivity contribution >= 4 is 22.6 Å². The van der Waals surface area contributed by atoms with Crippen molar-refractivity contribution in [2.75, 3.05) is 13.7 Å². The summed E-state index contributed by atoms with van der Waals surface area (Å²) in [6.45, 7) is 0.177. The maximum Gasteiger partial charge on any atom is 0.337 e. The number of esters is 1. The highest BCUT2D eigenvalue weighted by molar-refractivity contribution is 5.99. The number of hydrogen-bond donors (Lipinski definition) is 0. The van der Waals surface area contributed by atoms with Gasteiger partial charge in [-0.1, -0.05) is 60.7 Å². The Morgan fingerprint density at radius 3 is 2.54 bits per heavy atom. The summed E-state index contributed by atoms with van der Waals surface area (Å²) in [5.41, 5.74) is 0.829. The minimum atomic E-state index is -1.05. The van der Waals surface area contributed by atoms with Gasteiger partial charge in [-0.05, 0) is 28.5 Å². The third-order valence-electron chi connectivity index (χ3n) is 4.66. The van der Waals surface area contributed by atoms with Crippen LogP contribution in [-0.4, -0.2) is 31.1 Å². The van der Waals surface area contributed by atoms with Crippen LogP contribution in [0.5, 0.6) is 0 Å². The Morgan fingerprint density at radius 2 is 1.77 bits per heavy atom. The number of carbonyl (C=O) groups excluding carboxylic acids is 1. The number of aliphatic imine (C=N–C) groups is 1. The van der Waals surface area contributed by atoms with Crippen molar-refractivity contribution in [2.45, 2.75) is 12.0 Å². The Hall–Kier alpha value is -3.14. The highest BCUT2D eigenvalue weighted by Gasteiger charge is 2.45. The molecule has 0 unspecified atom stereocenters. The molecule has 0 radical (unpaired) electrons. The molecular formula is C22H19NO3. The molecule has 4 nitrogen and oxygen atoms in total. The van der Waals surface area contributed by atoms with Crippen molar-refractivity contribution in [3.63, 3.8) is 0 Å². The van der Waals surface area contributed by atoms with Crippen LogP contribution >= 0.6 is 0 Å². The molecule has 1 atom stereocenters.